The quantitative estimate of drug-likeness (QED) is 0.832. The minimum atomic E-state index is -0.261. The zero-order valence-corrected chi connectivity index (χ0v) is 13.5. The topological polar surface area (TPSA) is 59.2 Å². The van der Waals surface area contributed by atoms with E-state index in [0.717, 1.165) is 30.2 Å². The van der Waals surface area contributed by atoms with E-state index >= 15 is 0 Å². The number of hydrogen-bond donors (Lipinski definition) is 0. The van der Waals surface area contributed by atoms with Gasteiger partial charge in [-0.3, -0.25) is 19.1 Å². The lowest BCUT2D eigenvalue weighted by molar-refractivity contribution is -0.134. The molecule has 7 heteroatoms. The van der Waals surface area contributed by atoms with Crippen LogP contribution in [0.2, 0.25) is 0 Å². The normalized spacial score (nSPS) is 18.3. The smallest absolute Gasteiger partial charge is 0.248 e. The number of rotatable bonds is 3. The lowest BCUT2D eigenvalue weighted by atomic mass is 10.1. The van der Waals surface area contributed by atoms with E-state index in [0.29, 0.717) is 6.54 Å². The third kappa shape index (κ3) is 2.64. The molecule has 1 aliphatic heterocycles. The molecule has 0 saturated carbocycles. The maximum absolute atomic E-state index is 12.4. The Morgan fingerprint density at radius 3 is 2.86 bits per heavy atom. The van der Waals surface area contributed by atoms with Crippen LogP contribution in [0, 0.1) is 6.92 Å². The SMILES string of the molecule is Cc1cc(CN2Cc3ccnn3C(C(=O)N(C)C)C2)n(C)n1. The predicted octanol–water partition coefficient (Wildman–Crippen LogP) is 0.570. The first-order chi connectivity index (χ1) is 10.5. The molecular formula is C15H22N6O. The van der Waals surface area contributed by atoms with Crippen molar-refractivity contribution in [2.75, 3.05) is 20.6 Å². The second-order valence-corrected chi connectivity index (χ2v) is 6.09. The van der Waals surface area contributed by atoms with Crippen molar-refractivity contribution in [1.82, 2.24) is 29.4 Å². The summed E-state index contributed by atoms with van der Waals surface area (Å²) in [7, 11) is 5.53. The van der Waals surface area contributed by atoms with Crippen molar-refractivity contribution in [3.8, 4) is 0 Å². The van der Waals surface area contributed by atoms with Gasteiger partial charge in [0.05, 0.1) is 17.1 Å². The molecule has 22 heavy (non-hydrogen) atoms. The van der Waals surface area contributed by atoms with E-state index in [1.54, 1.807) is 25.2 Å². The highest BCUT2D eigenvalue weighted by atomic mass is 16.2. The predicted molar refractivity (Wildman–Crippen MR) is 82.0 cm³/mol. The lowest BCUT2D eigenvalue weighted by Gasteiger charge is -2.34. The van der Waals surface area contributed by atoms with Gasteiger partial charge in [0.15, 0.2) is 0 Å². The molecule has 1 amide bonds. The fourth-order valence-electron chi connectivity index (χ4n) is 3.01. The van der Waals surface area contributed by atoms with Crippen LogP contribution in [-0.2, 0) is 24.9 Å². The third-order valence-corrected chi connectivity index (χ3v) is 4.07. The molecule has 0 radical (unpaired) electrons. The molecule has 3 heterocycles. The Morgan fingerprint density at radius 1 is 1.45 bits per heavy atom. The monoisotopic (exact) mass is 302 g/mol. The van der Waals surface area contributed by atoms with Crippen molar-refractivity contribution >= 4 is 5.91 Å². The van der Waals surface area contributed by atoms with Crippen LogP contribution in [-0.4, -0.2) is 55.9 Å². The van der Waals surface area contributed by atoms with Crippen LogP contribution in [0.3, 0.4) is 0 Å². The maximum atomic E-state index is 12.4. The van der Waals surface area contributed by atoms with E-state index in [-0.39, 0.29) is 11.9 Å². The number of amides is 1. The van der Waals surface area contributed by atoms with Crippen molar-refractivity contribution in [2.45, 2.75) is 26.1 Å². The second-order valence-electron chi connectivity index (χ2n) is 6.09. The van der Waals surface area contributed by atoms with Gasteiger partial charge in [0.25, 0.3) is 0 Å². The summed E-state index contributed by atoms with van der Waals surface area (Å²) in [6, 6.07) is 3.81. The van der Waals surface area contributed by atoms with Crippen molar-refractivity contribution < 1.29 is 4.79 Å². The minimum absolute atomic E-state index is 0.0795. The van der Waals surface area contributed by atoms with Gasteiger partial charge >= 0.3 is 0 Å². The molecule has 1 aliphatic rings. The Labute approximate surface area is 130 Å². The van der Waals surface area contributed by atoms with Gasteiger partial charge in [-0.15, -0.1) is 0 Å². The first kappa shape index (κ1) is 14.8. The van der Waals surface area contributed by atoms with Crippen LogP contribution in [0.4, 0.5) is 0 Å². The van der Waals surface area contributed by atoms with E-state index in [9.17, 15) is 4.79 Å². The summed E-state index contributed by atoms with van der Waals surface area (Å²) in [5.74, 6) is 0.0795. The van der Waals surface area contributed by atoms with Gasteiger partial charge in [-0.05, 0) is 19.1 Å². The highest BCUT2D eigenvalue weighted by molar-refractivity contribution is 5.80. The number of aryl methyl sites for hydroxylation is 2. The summed E-state index contributed by atoms with van der Waals surface area (Å²) in [4.78, 5) is 16.4. The van der Waals surface area contributed by atoms with Gasteiger partial charge in [-0.25, -0.2) is 0 Å². The van der Waals surface area contributed by atoms with Crippen LogP contribution < -0.4 is 0 Å². The zero-order valence-electron chi connectivity index (χ0n) is 13.5. The molecule has 0 aromatic carbocycles. The van der Waals surface area contributed by atoms with Crippen LogP contribution in [0.15, 0.2) is 18.3 Å². The number of carbonyl (C=O) groups is 1. The van der Waals surface area contributed by atoms with E-state index < -0.39 is 0 Å². The van der Waals surface area contributed by atoms with Crippen molar-refractivity contribution in [3.05, 3.63) is 35.4 Å². The summed E-state index contributed by atoms with van der Waals surface area (Å²) >= 11 is 0. The summed E-state index contributed by atoms with van der Waals surface area (Å²) in [6.45, 7) is 4.23. The molecular weight excluding hydrogens is 280 g/mol. The molecule has 118 valence electrons. The third-order valence-electron chi connectivity index (χ3n) is 4.07. The van der Waals surface area contributed by atoms with E-state index in [2.05, 4.69) is 21.2 Å². The first-order valence-electron chi connectivity index (χ1n) is 7.41. The zero-order chi connectivity index (χ0) is 15.9. The second kappa shape index (κ2) is 5.57. The number of fused-ring (bicyclic) bond motifs is 1. The number of hydrogen-bond acceptors (Lipinski definition) is 4. The van der Waals surface area contributed by atoms with Gasteiger partial charge in [0, 0.05) is 47.0 Å². The summed E-state index contributed by atoms with van der Waals surface area (Å²) in [5.41, 5.74) is 3.24. The van der Waals surface area contributed by atoms with E-state index in [1.807, 2.05) is 29.4 Å². The highest BCUT2D eigenvalue weighted by Crippen LogP contribution is 2.23. The Kier molecular flexibility index (Phi) is 3.74. The van der Waals surface area contributed by atoms with Crippen LogP contribution in [0.5, 0.6) is 0 Å². The summed E-state index contributed by atoms with van der Waals surface area (Å²) in [5, 5.41) is 8.72. The van der Waals surface area contributed by atoms with Gasteiger partial charge in [-0.1, -0.05) is 0 Å². The van der Waals surface area contributed by atoms with Crippen LogP contribution in [0.25, 0.3) is 0 Å². The Hall–Kier alpha value is -2.15. The number of carbonyl (C=O) groups excluding carboxylic acids is 1. The minimum Gasteiger partial charge on any atom is -0.347 e. The molecule has 0 spiro atoms. The average Bonchev–Trinajstić information content (AvgIpc) is 3.04. The molecule has 0 saturated heterocycles. The van der Waals surface area contributed by atoms with E-state index in [4.69, 9.17) is 0 Å². The maximum Gasteiger partial charge on any atom is 0.248 e. The van der Waals surface area contributed by atoms with Crippen molar-refractivity contribution in [3.63, 3.8) is 0 Å². The van der Waals surface area contributed by atoms with Gasteiger partial charge < -0.3 is 4.90 Å². The fraction of sp³-hybridized carbons (Fsp3) is 0.533. The molecule has 1 atom stereocenters. The first-order valence-corrected chi connectivity index (χ1v) is 7.41. The van der Waals surface area contributed by atoms with Crippen LogP contribution >= 0.6 is 0 Å². The fourth-order valence-corrected chi connectivity index (χ4v) is 3.01. The van der Waals surface area contributed by atoms with Crippen molar-refractivity contribution in [1.29, 1.82) is 0 Å². The molecule has 2 aromatic rings. The largest absolute Gasteiger partial charge is 0.347 e. The Balaban J connectivity index is 1.84. The highest BCUT2D eigenvalue weighted by Gasteiger charge is 2.32. The molecule has 0 fully saturated rings. The van der Waals surface area contributed by atoms with E-state index in [1.165, 1.54) is 0 Å². The lowest BCUT2D eigenvalue weighted by Crippen LogP contribution is -2.44. The molecule has 0 N–H and O–H groups in total. The molecule has 3 rings (SSSR count). The molecule has 0 aliphatic carbocycles. The molecule has 1 unspecified atom stereocenters. The molecule has 0 bridgehead atoms. The number of likely N-dealkylation sites (N-methyl/N-ethyl adjacent to an activating group) is 1. The summed E-state index contributed by atoms with van der Waals surface area (Å²) < 4.78 is 3.76. The van der Waals surface area contributed by atoms with Crippen LogP contribution in [0.1, 0.15) is 23.1 Å². The summed E-state index contributed by atoms with van der Waals surface area (Å²) in [6.07, 6.45) is 1.77. The number of nitrogens with zero attached hydrogens (tertiary/aromatic N) is 6. The Bertz CT molecular complexity index is 686. The molecule has 7 nitrogen and oxygen atoms in total. The van der Waals surface area contributed by atoms with Gasteiger partial charge in [-0.2, -0.15) is 10.2 Å². The number of aromatic nitrogens is 4. The Morgan fingerprint density at radius 2 is 2.23 bits per heavy atom. The molecule has 2 aromatic heterocycles. The van der Waals surface area contributed by atoms with Crippen molar-refractivity contribution in [2.24, 2.45) is 7.05 Å². The standard InChI is InChI=1S/C15H22N6O/c1-11-7-13(19(4)17-11)9-20-8-12-5-6-16-21(12)14(10-20)15(22)18(2)3/h5-7,14H,8-10H2,1-4H3. The van der Waals surface area contributed by atoms with Gasteiger partial charge in [0.2, 0.25) is 5.91 Å². The van der Waals surface area contributed by atoms with Gasteiger partial charge in [0.1, 0.15) is 6.04 Å². The average molecular weight is 302 g/mol.